The third kappa shape index (κ3) is 7.52. The van der Waals surface area contributed by atoms with Crippen molar-refractivity contribution in [3.63, 3.8) is 0 Å². The first kappa shape index (κ1) is 17.8. The minimum atomic E-state index is -0.300. The molecular weight excluding hydrogens is 282 g/mol. The molecule has 0 saturated heterocycles. The summed E-state index contributed by atoms with van der Waals surface area (Å²) in [6.07, 6.45) is 0.269. The molecule has 0 bridgehead atoms. The van der Waals surface area contributed by atoms with E-state index in [0.717, 1.165) is 11.3 Å². The minimum absolute atomic E-state index is 0.0711. The van der Waals surface area contributed by atoms with Crippen LogP contribution in [0.2, 0.25) is 0 Å². The number of ether oxygens (including phenoxy) is 1. The van der Waals surface area contributed by atoms with Crippen molar-refractivity contribution in [1.29, 1.82) is 0 Å². The van der Waals surface area contributed by atoms with E-state index >= 15 is 0 Å². The molecule has 3 amide bonds. The van der Waals surface area contributed by atoms with Gasteiger partial charge in [0, 0.05) is 19.0 Å². The number of hydrogen-bond acceptors (Lipinski definition) is 3. The molecule has 122 valence electrons. The highest BCUT2D eigenvalue weighted by Crippen LogP contribution is 2.15. The van der Waals surface area contributed by atoms with Crippen LogP contribution in [0.5, 0.6) is 5.75 Å². The Morgan fingerprint density at radius 2 is 1.82 bits per heavy atom. The lowest BCUT2D eigenvalue weighted by atomic mass is 10.2. The lowest BCUT2D eigenvalue weighted by Crippen LogP contribution is -2.40. The average Bonchev–Trinajstić information content (AvgIpc) is 2.44. The summed E-state index contributed by atoms with van der Waals surface area (Å²) in [5, 5.41) is 8.07. The lowest BCUT2D eigenvalue weighted by Gasteiger charge is -2.11. The molecule has 22 heavy (non-hydrogen) atoms. The summed E-state index contributed by atoms with van der Waals surface area (Å²) < 4.78 is 5.57. The van der Waals surface area contributed by atoms with Crippen molar-refractivity contribution in [2.24, 2.45) is 0 Å². The average molecular weight is 307 g/mol. The fourth-order valence-corrected chi connectivity index (χ4v) is 1.79. The summed E-state index contributed by atoms with van der Waals surface area (Å²) in [5.41, 5.74) is 1.06. The van der Waals surface area contributed by atoms with Crippen LogP contribution in [0.25, 0.3) is 0 Å². The third-order valence-electron chi connectivity index (χ3n) is 2.83. The van der Waals surface area contributed by atoms with Gasteiger partial charge < -0.3 is 20.7 Å². The van der Waals surface area contributed by atoms with Crippen LogP contribution < -0.4 is 20.7 Å². The summed E-state index contributed by atoms with van der Waals surface area (Å²) in [6, 6.07) is 7.53. The fraction of sp³-hybridized carbons (Fsp3) is 0.500. The zero-order valence-electron chi connectivity index (χ0n) is 13.4. The molecule has 6 nitrogen and oxygen atoms in total. The van der Waals surface area contributed by atoms with Crippen molar-refractivity contribution >= 4 is 11.9 Å². The maximum atomic E-state index is 11.5. The molecule has 0 aromatic heterocycles. The molecule has 0 aliphatic heterocycles. The summed E-state index contributed by atoms with van der Waals surface area (Å²) >= 11 is 0. The third-order valence-corrected chi connectivity index (χ3v) is 2.83. The van der Waals surface area contributed by atoms with Crippen LogP contribution in [-0.2, 0) is 4.79 Å². The van der Waals surface area contributed by atoms with E-state index in [1.807, 2.05) is 45.0 Å². The maximum Gasteiger partial charge on any atom is 0.314 e. The van der Waals surface area contributed by atoms with Gasteiger partial charge in [-0.15, -0.1) is 0 Å². The van der Waals surface area contributed by atoms with Crippen LogP contribution in [0.1, 0.15) is 25.8 Å². The number of urea groups is 1. The van der Waals surface area contributed by atoms with E-state index in [9.17, 15) is 9.59 Å². The van der Waals surface area contributed by atoms with Crippen molar-refractivity contribution < 1.29 is 14.3 Å². The number of benzene rings is 1. The highest BCUT2D eigenvalue weighted by Gasteiger charge is 2.05. The van der Waals surface area contributed by atoms with E-state index < -0.39 is 0 Å². The number of carbonyl (C=O) groups is 2. The molecule has 0 spiro atoms. The van der Waals surface area contributed by atoms with E-state index in [1.54, 1.807) is 0 Å². The second kappa shape index (κ2) is 9.65. The molecular formula is C16H25N3O3. The van der Waals surface area contributed by atoms with Gasteiger partial charge in [-0.2, -0.15) is 0 Å². The summed E-state index contributed by atoms with van der Waals surface area (Å²) in [7, 11) is 0. The summed E-state index contributed by atoms with van der Waals surface area (Å²) in [6.45, 7) is 6.87. The minimum Gasteiger partial charge on any atom is -0.491 e. The zero-order chi connectivity index (χ0) is 16.4. The van der Waals surface area contributed by atoms with Gasteiger partial charge in [-0.05, 0) is 32.4 Å². The van der Waals surface area contributed by atoms with Crippen LogP contribution in [0.4, 0.5) is 4.79 Å². The van der Waals surface area contributed by atoms with E-state index in [2.05, 4.69) is 16.0 Å². The van der Waals surface area contributed by atoms with Crippen LogP contribution in [0, 0.1) is 6.92 Å². The Labute approximate surface area is 131 Å². The summed E-state index contributed by atoms with van der Waals surface area (Å²) in [5.74, 6) is 0.744. The van der Waals surface area contributed by atoms with Crippen LogP contribution >= 0.6 is 0 Å². The molecule has 0 radical (unpaired) electrons. The van der Waals surface area contributed by atoms with Gasteiger partial charge in [0.1, 0.15) is 12.4 Å². The van der Waals surface area contributed by atoms with Crippen molar-refractivity contribution in [1.82, 2.24) is 16.0 Å². The van der Waals surface area contributed by atoms with E-state index in [0.29, 0.717) is 19.7 Å². The Kier molecular flexibility index (Phi) is 7.81. The Morgan fingerprint density at radius 1 is 1.14 bits per heavy atom. The largest absolute Gasteiger partial charge is 0.491 e. The standard InChI is InChI=1S/C16H25N3O3/c1-12(2)19-15(20)8-9-17-16(21)18-10-11-22-14-7-5-4-6-13(14)3/h4-7,12H,8-11H2,1-3H3,(H,19,20)(H2,17,18,21). The van der Waals surface area contributed by atoms with Crippen molar-refractivity contribution in [2.75, 3.05) is 19.7 Å². The Hall–Kier alpha value is -2.24. The molecule has 0 heterocycles. The normalized spacial score (nSPS) is 10.2. The number of hydrogen-bond donors (Lipinski definition) is 3. The molecule has 0 saturated carbocycles. The molecule has 1 aromatic carbocycles. The smallest absolute Gasteiger partial charge is 0.314 e. The molecule has 1 rings (SSSR count). The van der Waals surface area contributed by atoms with E-state index in [1.165, 1.54) is 0 Å². The van der Waals surface area contributed by atoms with Gasteiger partial charge in [0.15, 0.2) is 0 Å². The van der Waals surface area contributed by atoms with Gasteiger partial charge in [0.25, 0.3) is 0 Å². The predicted octanol–water partition coefficient (Wildman–Crippen LogP) is 1.59. The first-order valence-corrected chi connectivity index (χ1v) is 7.48. The maximum absolute atomic E-state index is 11.5. The second-order valence-corrected chi connectivity index (χ2v) is 5.27. The first-order valence-electron chi connectivity index (χ1n) is 7.48. The van der Waals surface area contributed by atoms with Gasteiger partial charge >= 0.3 is 6.03 Å². The van der Waals surface area contributed by atoms with Gasteiger partial charge in [0.2, 0.25) is 5.91 Å². The number of nitrogens with one attached hydrogen (secondary N) is 3. The number of aryl methyl sites for hydroxylation is 1. The highest BCUT2D eigenvalue weighted by atomic mass is 16.5. The molecule has 6 heteroatoms. The van der Waals surface area contributed by atoms with E-state index in [-0.39, 0.29) is 24.4 Å². The molecule has 0 atom stereocenters. The van der Waals surface area contributed by atoms with Gasteiger partial charge in [-0.3, -0.25) is 4.79 Å². The second-order valence-electron chi connectivity index (χ2n) is 5.27. The number of para-hydroxylation sites is 1. The Morgan fingerprint density at radius 3 is 2.50 bits per heavy atom. The number of carbonyl (C=O) groups excluding carboxylic acids is 2. The van der Waals surface area contributed by atoms with Crippen LogP contribution in [0.3, 0.4) is 0 Å². The molecule has 0 fully saturated rings. The summed E-state index contributed by atoms with van der Waals surface area (Å²) in [4.78, 5) is 22.9. The van der Waals surface area contributed by atoms with Crippen molar-refractivity contribution in [3.8, 4) is 5.75 Å². The quantitative estimate of drug-likeness (QED) is 0.638. The van der Waals surface area contributed by atoms with Crippen molar-refractivity contribution in [3.05, 3.63) is 29.8 Å². The molecule has 3 N–H and O–H groups in total. The molecule has 0 aliphatic rings. The van der Waals surface area contributed by atoms with Gasteiger partial charge in [-0.1, -0.05) is 18.2 Å². The van der Waals surface area contributed by atoms with Gasteiger partial charge in [-0.25, -0.2) is 4.79 Å². The highest BCUT2D eigenvalue weighted by molar-refractivity contribution is 5.78. The monoisotopic (exact) mass is 307 g/mol. The van der Waals surface area contributed by atoms with Crippen LogP contribution in [-0.4, -0.2) is 37.7 Å². The van der Waals surface area contributed by atoms with Crippen LogP contribution in [0.15, 0.2) is 24.3 Å². The number of amides is 3. The predicted molar refractivity (Wildman–Crippen MR) is 86.0 cm³/mol. The van der Waals surface area contributed by atoms with E-state index in [4.69, 9.17) is 4.74 Å². The Balaban J connectivity index is 2.09. The Bertz CT molecular complexity index is 489. The zero-order valence-corrected chi connectivity index (χ0v) is 13.4. The lowest BCUT2D eigenvalue weighted by molar-refractivity contribution is -0.121. The van der Waals surface area contributed by atoms with Gasteiger partial charge in [0.05, 0.1) is 6.54 Å². The topological polar surface area (TPSA) is 79.5 Å². The first-order chi connectivity index (χ1) is 10.5. The molecule has 1 aromatic rings. The fourth-order valence-electron chi connectivity index (χ4n) is 1.79. The molecule has 0 unspecified atom stereocenters. The molecule has 0 aliphatic carbocycles. The SMILES string of the molecule is Cc1ccccc1OCCNC(=O)NCCC(=O)NC(C)C. The van der Waals surface area contributed by atoms with Crippen molar-refractivity contribution in [2.45, 2.75) is 33.2 Å². The number of rotatable bonds is 8.